The topological polar surface area (TPSA) is 37.8 Å². The molecule has 0 saturated carbocycles. The van der Waals surface area contributed by atoms with Crippen LogP contribution in [0, 0.1) is 6.92 Å². The molecular formula is C10H14F3N3. The molecule has 3 nitrogen and oxygen atoms in total. The summed E-state index contributed by atoms with van der Waals surface area (Å²) in [4.78, 5) is 8.03. The summed E-state index contributed by atoms with van der Waals surface area (Å²) in [5.74, 6) is 0.252. The molecule has 0 aliphatic carbocycles. The Kier molecular flexibility index (Phi) is 4.23. The molecule has 0 saturated heterocycles. The van der Waals surface area contributed by atoms with E-state index in [9.17, 15) is 13.2 Å². The molecule has 0 unspecified atom stereocenters. The summed E-state index contributed by atoms with van der Waals surface area (Å²) in [5, 5.41) is 2.90. The molecule has 0 radical (unpaired) electrons. The third-order valence-electron chi connectivity index (χ3n) is 1.94. The van der Waals surface area contributed by atoms with Crippen molar-refractivity contribution in [1.29, 1.82) is 0 Å². The molecule has 6 heteroatoms. The first-order valence-corrected chi connectivity index (χ1v) is 4.95. The van der Waals surface area contributed by atoms with Gasteiger partial charge in [-0.1, -0.05) is 0 Å². The van der Waals surface area contributed by atoms with E-state index in [-0.39, 0.29) is 12.2 Å². The van der Waals surface area contributed by atoms with Gasteiger partial charge in [0.15, 0.2) is 0 Å². The molecule has 0 aromatic carbocycles. The minimum absolute atomic E-state index is 0.165. The Balaban J connectivity index is 2.72. The maximum absolute atomic E-state index is 12.0. The molecular weight excluding hydrogens is 219 g/mol. The number of rotatable bonds is 4. The van der Waals surface area contributed by atoms with Crippen molar-refractivity contribution in [1.82, 2.24) is 15.3 Å². The summed E-state index contributed by atoms with van der Waals surface area (Å²) < 4.78 is 36.1. The molecule has 1 rings (SSSR count). The lowest BCUT2D eigenvalue weighted by Gasteiger charge is -2.07. The van der Waals surface area contributed by atoms with Crippen LogP contribution in [-0.2, 0) is 13.0 Å². The van der Waals surface area contributed by atoms with E-state index in [0.29, 0.717) is 17.9 Å². The summed E-state index contributed by atoms with van der Waals surface area (Å²) in [6.45, 7) is 2.28. The molecule has 1 N–H and O–H groups in total. The van der Waals surface area contributed by atoms with Crippen molar-refractivity contribution in [3.8, 4) is 0 Å². The molecule has 0 spiro atoms. The number of aryl methyl sites for hydroxylation is 2. The van der Waals surface area contributed by atoms with Crippen LogP contribution in [0.2, 0.25) is 0 Å². The van der Waals surface area contributed by atoms with Crippen LogP contribution in [-0.4, -0.2) is 23.2 Å². The summed E-state index contributed by atoms with van der Waals surface area (Å²) in [5.41, 5.74) is 1.41. The first-order chi connectivity index (χ1) is 7.40. The number of alkyl halides is 3. The van der Waals surface area contributed by atoms with Gasteiger partial charge in [0.25, 0.3) is 0 Å². The highest BCUT2D eigenvalue weighted by molar-refractivity contribution is 5.10. The van der Waals surface area contributed by atoms with Crippen LogP contribution in [0.1, 0.15) is 23.6 Å². The van der Waals surface area contributed by atoms with Gasteiger partial charge in [-0.05, 0) is 20.0 Å². The van der Waals surface area contributed by atoms with E-state index in [1.807, 2.05) is 0 Å². The lowest BCUT2D eigenvalue weighted by molar-refractivity contribution is -0.134. The van der Waals surface area contributed by atoms with E-state index in [2.05, 4.69) is 15.3 Å². The number of nitrogens with zero attached hydrogens (tertiary/aromatic N) is 2. The highest BCUT2D eigenvalue weighted by Crippen LogP contribution is 2.21. The van der Waals surface area contributed by atoms with Crippen LogP contribution < -0.4 is 5.32 Å². The SMILES string of the molecule is CNCc1cc(C)nc(CCC(F)(F)F)n1. The molecule has 0 aliphatic rings. The normalized spacial score (nSPS) is 11.8. The zero-order chi connectivity index (χ0) is 12.2. The summed E-state index contributed by atoms with van der Waals surface area (Å²) in [6.07, 6.45) is -5.20. The van der Waals surface area contributed by atoms with E-state index in [0.717, 1.165) is 0 Å². The number of halogens is 3. The van der Waals surface area contributed by atoms with Gasteiger partial charge in [-0.2, -0.15) is 13.2 Å². The van der Waals surface area contributed by atoms with Gasteiger partial charge >= 0.3 is 6.18 Å². The number of nitrogens with one attached hydrogen (secondary N) is 1. The van der Waals surface area contributed by atoms with Crippen molar-refractivity contribution in [3.05, 3.63) is 23.3 Å². The largest absolute Gasteiger partial charge is 0.389 e. The Bertz CT molecular complexity index is 350. The summed E-state index contributed by atoms with van der Waals surface area (Å²) in [6, 6.07) is 1.76. The molecule has 0 aliphatic heterocycles. The van der Waals surface area contributed by atoms with E-state index in [1.54, 1.807) is 20.0 Å². The second-order valence-electron chi connectivity index (χ2n) is 3.56. The van der Waals surface area contributed by atoms with Crippen molar-refractivity contribution >= 4 is 0 Å². The first-order valence-electron chi connectivity index (χ1n) is 4.95. The maximum atomic E-state index is 12.0. The Hall–Kier alpha value is -1.17. The van der Waals surface area contributed by atoms with E-state index >= 15 is 0 Å². The molecule has 0 bridgehead atoms. The quantitative estimate of drug-likeness (QED) is 0.864. The highest BCUT2D eigenvalue weighted by atomic mass is 19.4. The minimum Gasteiger partial charge on any atom is -0.314 e. The fourth-order valence-corrected chi connectivity index (χ4v) is 1.34. The van der Waals surface area contributed by atoms with Crippen LogP contribution in [0.5, 0.6) is 0 Å². The van der Waals surface area contributed by atoms with Gasteiger partial charge in [-0.15, -0.1) is 0 Å². The third kappa shape index (κ3) is 4.57. The Morgan fingerprint density at radius 2 is 2.00 bits per heavy atom. The standard InChI is InChI=1S/C10H14F3N3/c1-7-5-8(6-14-2)16-9(15-7)3-4-10(11,12)13/h5,14H,3-4,6H2,1-2H3. The molecule has 0 amide bonds. The zero-order valence-corrected chi connectivity index (χ0v) is 9.23. The van der Waals surface area contributed by atoms with Gasteiger partial charge in [0.1, 0.15) is 5.82 Å². The van der Waals surface area contributed by atoms with Crippen molar-refractivity contribution in [3.63, 3.8) is 0 Å². The van der Waals surface area contributed by atoms with Gasteiger partial charge in [-0.25, -0.2) is 9.97 Å². The van der Waals surface area contributed by atoms with Crippen LogP contribution >= 0.6 is 0 Å². The third-order valence-corrected chi connectivity index (χ3v) is 1.94. The fraction of sp³-hybridized carbons (Fsp3) is 0.600. The molecule has 1 aromatic rings. The molecule has 0 fully saturated rings. The molecule has 16 heavy (non-hydrogen) atoms. The summed E-state index contributed by atoms with van der Waals surface area (Å²) >= 11 is 0. The van der Waals surface area contributed by atoms with Gasteiger partial charge in [0.05, 0.1) is 12.1 Å². The van der Waals surface area contributed by atoms with Gasteiger partial charge in [0, 0.05) is 18.7 Å². The van der Waals surface area contributed by atoms with Gasteiger partial charge < -0.3 is 5.32 Å². The fourth-order valence-electron chi connectivity index (χ4n) is 1.34. The van der Waals surface area contributed by atoms with Crippen molar-refractivity contribution < 1.29 is 13.2 Å². The lowest BCUT2D eigenvalue weighted by Crippen LogP contribution is -2.13. The van der Waals surface area contributed by atoms with Crippen molar-refractivity contribution in [2.24, 2.45) is 0 Å². The average Bonchev–Trinajstić information content (AvgIpc) is 2.13. The molecule has 1 aromatic heterocycles. The summed E-state index contributed by atoms with van der Waals surface area (Å²) in [7, 11) is 1.76. The number of hydrogen-bond acceptors (Lipinski definition) is 3. The zero-order valence-electron chi connectivity index (χ0n) is 9.23. The van der Waals surface area contributed by atoms with Crippen molar-refractivity contribution in [2.45, 2.75) is 32.5 Å². The van der Waals surface area contributed by atoms with Crippen LogP contribution in [0.25, 0.3) is 0 Å². The average molecular weight is 233 g/mol. The monoisotopic (exact) mass is 233 g/mol. The van der Waals surface area contributed by atoms with Crippen LogP contribution in [0.15, 0.2) is 6.07 Å². The predicted octanol–water partition coefficient (Wildman–Crippen LogP) is 2.00. The second-order valence-corrected chi connectivity index (χ2v) is 3.56. The first kappa shape index (κ1) is 12.9. The maximum Gasteiger partial charge on any atom is 0.389 e. The van der Waals surface area contributed by atoms with Crippen molar-refractivity contribution in [2.75, 3.05) is 7.05 Å². The molecule has 90 valence electrons. The second kappa shape index (κ2) is 5.25. The van der Waals surface area contributed by atoms with Gasteiger partial charge in [-0.3, -0.25) is 0 Å². The smallest absolute Gasteiger partial charge is 0.314 e. The highest BCUT2D eigenvalue weighted by Gasteiger charge is 2.27. The Morgan fingerprint density at radius 1 is 1.31 bits per heavy atom. The lowest BCUT2D eigenvalue weighted by atomic mass is 10.2. The molecule has 0 atom stereocenters. The van der Waals surface area contributed by atoms with E-state index in [1.165, 1.54) is 0 Å². The minimum atomic E-state index is -4.16. The van der Waals surface area contributed by atoms with Gasteiger partial charge in [0.2, 0.25) is 0 Å². The number of hydrogen-bond donors (Lipinski definition) is 1. The Labute approximate surface area is 92.1 Å². The van der Waals surface area contributed by atoms with E-state index < -0.39 is 12.6 Å². The Morgan fingerprint density at radius 3 is 2.56 bits per heavy atom. The van der Waals surface area contributed by atoms with Crippen LogP contribution in [0.3, 0.4) is 0 Å². The predicted molar refractivity (Wildman–Crippen MR) is 53.9 cm³/mol. The number of aromatic nitrogens is 2. The van der Waals surface area contributed by atoms with E-state index in [4.69, 9.17) is 0 Å². The molecule has 1 heterocycles. The van der Waals surface area contributed by atoms with Crippen LogP contribution in [0.4, 0.5) is 13.2 Å².